The third-order valence-electron chi connectivity index (χ3n) is 9.22. The molecule has 1 aliphatic rings. The number of aryl methyl sites for hydroxylation is 1. The van der Waals surface area contributed by atoms with Gasteiger partial charge in [0.05, 0.1) is 30.3 Å². The smallest absolute Gasteiger partial charge is 0.245 e. The fraction of sp³-hybridized carbons (Fsp3) is 0.579. The Bertz CT molecular complexity index is 1420. The van der Waals surface area contributed by atoms with Gasteiger partial charge < -0.3 is 35.6 Å². The van der Waals surface area contributed by atoms with Crippen molar-refractivity contribution in [2.75, 3.05) is 33.8 Å². The molecule has 2 amide bonds. The van der Waals surface area contributed by atoms with Crippen LogP contribution >= 0.6 is 0 Å². The van der Waals surface area contributed by atoms with Crippen molar-refractivity contribution in [2.24, 2.45) is 5.41 Å². The van der Waals surface area contributed by atoms with Crippen LogP contribution in [0.2, 0.25) is 0 Å². The molecule has 4 atom stereocenters. The second-order valence-electron chi connectivity index (χ2n) is 14.5. The molecule has 1 fully saturated rings. The number of rotatable bonds is 14. The summed E-state index contributed by atoms with van der Waals surface area (Å²) >= 11 is 0. The number of carbonyl (C=O) groups is 2. The maximum atomic E-state index is 13.2. The van der Waals surface area contributed by atoms with Gasteiger partial charge in [0.1, 0.15) is 11.3 Å². The molecule has 1 heterocycles. The Morgan fingerprint density at radius 2 is 1.79 bits per heavy atom. The third kappa shape index (κ3) is 10.4. The molecule has 0 radical (unpaired) electrons. The second kappa shape index (κ2) is 16.2. The van der Waals surface area contributed by atoms with Crippen molar-refractivity contribution in [1.29, 1.82) is 0 Å². The Morgan fingerprint density at radius 3 is 2.40 bits per heavy atom. The quantitative estimate of drug-likeness (QED) is 0.195. The fourth-order valence-corrected chi connectivity index (χ4v) is 5.79. The number of nitrogens with one attached hydrogen (secondary N) is 2. The first-order valence-corrected chi connectivity index (χ1v) is 16.8. The van der Waals surface area contributed by atoms with Crippen LogP contribution in [0.5, 0.6) is 5.75 Å². The van der Waals surface area contributed by atoms with E-state index >= 15 is 0 Å². The Hall–Kier alpha value is -3.24. The average Bonchev–Trinajstić information content (AvgIpc) is 3.00. The standard InChI is InChI=1S/C38H57N3O6/c1-10-24(2)31-22-33(44)32(34-21-29(43)20-30(23-42)47-34)19-28(31)18-27-12-11-26(17-25(27)3)13-14-37(4,5)35(45)40-38(6,7)36(46)39-15-16-41(8)9/h11-14,17,19,22,24,29-30,34,42-44H,10,15-16,18,20-21,23H2,1-9H3,(H,39,46)(H,40,45)/b14-13+/t24?,29-,30-,34+/m0/s1. The molecular formula is C38H57N3O6. The number of amides is 2. The Balaban J connectivity index is 1.79. The molecule has 47 heavy (non-hydrogen) atoms. The molecule has 0 aliphatic carbocycles. The molecule has 0 spiro atoms. The van der Waals surface area contributed by atoms with Crippen molar-refractivity contribution in [3.05, 3.63) is 69.8 Å². The van der Waals surface area contributed by atoms with Crippen LogP contribution in [-0.4, -0.2) is 83.6 Å². The number of aliphatic hydroxyl groups is 2. The lowest BCUT2D eigenvalue weighted by Crippen LogP contribution is -2.57. The number of hydrogen-bond donors (Lipinski definition) is 5. The molecule has 1 saturated heterocycles. The van der Waals surface area contributed by atoms with Crippen LogP contribution in [0.3, 0.4) is 0 Å². The van der Waals surface area contributed by atoms with Gasteiger partial charge in [-0.15, -0.1) is 0 Å². The zero-order chi connectivity index (χ0) is 35.1. The highest BCUT2D eigenvalue weighted by Crippen LogP contribution is 2.40. The van der Waals surface area contributed by atoms with Gasteiger partial charge in [-0.2, -0.15) is 0 Å². The van der Waals surface area contributed by atoms with Gasteiger partial charge in [-0.25, -0.2) is 0 Å². The summed E-state index contributed by atoms with van der Waals surface area (Å²) in [5.41, 5.74) is 4.09. The summed E-state index contributed by atoms with van der Waals surface area (Å²) in [4.78, 5) is 27.9. The van der Waals surface area contributed by atoms with Crippen molar-refractivity contribution >= 4 is 17.9 Å². The number of ether oxygens (including phenoxy) is 1. The van der Waals surface area contributed by atoms with Gasteiger partial charge in [0.25, 0.3) is 0 Å². The van der Waals surface area contributed by atoms with Crippen molar-refractivity contribution in [3.8, 4) is 5.75 Å². The van der Waals surface area contributed by atoms with Crippen LogP contribution in [0.1, 0.15) is 106 Å². The van der Waals surface area contributed by atoms with E-state index in [1.54, 1.807) is 13.8 Å². The van der Waals surface area contributed by atoms with Crippen LogP contribution in [0.15, 0.2) is 36.4 Å². The van der Waals surface area contributed by atoms with Crippen molar-refractivity contribution in [1.82, 2.24) is 15.5 Å². The predicted molar refractivity (Wildman–Crippen MR) is 187 cm³/mol. The van der Waals surface area contributed by atoms with Crippen molar-refractivity contribution < 1.29 is 29.6 Å². The van der Waals surface area contributed by atoms with E-state index in [1.165, 1.54) is 0 Å². The monoisotopic (exact) mass is 651 g/mol. The van der Waals surface area contributed by atoms with Gasteiger partial charge in [0.2, 0.25) is 11.8 Å². The van der Waals surface area contributed by atoms with Gasteiger partial charge in [0, 0.05) is 31.5 Å². The molecule has 0 aromatic heterocycles. The zero-order valence-electron chi connectivity index (χ0n) is 29.8. The Labute approximate surface area is 281 Å². The van der Waals surface area contributed by atoms with Crippen LogP contribution < -0.4 is 10.6 Å². The summed E-state index contributed by atoms with van der Waals surface area (Å²) < 4.78 is 6.05. The molecule has 1 aliphatic heterocycles. The van der Waals surface area contributed by atoms with E-state index in [0.29, 0.717) is 37.9 Å². The molecule has 2 aromatic carbocycles. The zero-order valence-corrected chi connectivity index (χ0v) is 29.8. The molecule has 1 unspecified atom stereocenters. The Kier molecular flexibility index (Phi) is 13.2. The number of benzene rings is 2. The molecule has 9 nitrogen and oxygen atoms in total. The minimum atomic E-state index is -1.06. The molecule has 0 saturated carbocycles. The topological polar surface area (TPSA) is 131 Å². The molecule has 0 bridgehead atoms. The molecule has 2 aromatic rings. The summed E-state index contributed by atoms with van der Waals surface area (Å²) in [7, 11) is 3.88. The van der Waals surface area contributed by atoms with Gasteiger partial charge in [-0.3, -0.25) is 9.59 Å². The molecular weight excluding hydrogens is 594 g/mol. The summed E-state index contributed by atoms with van der Waals surface area (Å²) in [6, 6.07) is 10.1. The van der Waals surface area contributed by atoms with Crippen LogP contribution in [0, 0.1) is 12.3 Å². The van der Waals surface area contributed by atoms with E-state index in [4.69, 9.17) is 4.74 Å². The average molecular weight is 652 g/mol. The van der Waals surface area contributed by atoms with E-state index < -0.39 is 29.3 Å². The number of likely N-dealkylation sites (N-methyl/N-ethyl adjacent to an activating group) is 1. The molecule has 3 rings (SSSR count). The largest absolute Gasteiger partial charge is 0.508 e. The van der Waals surface area contributed by atoms with E-state index in [-0.39, 0.29) is 30.1 Å². The third-order valence-corrected chi connectivity index (χ3v) is 9.22. The van der Waals surface area contributed by atoms with Gasteiger partial charge in [-0.1, -0.05) is 44.2 Å². The number of aliphatic hydroxyl groups excluding tert-OH is 2. The lowest BCUT2D eigenvalue weighted by atomic mass is 9.85. The first-order valence-electron chi connectivity index (χ1n) is 16.8. The van der Waals surface area contributed by atoms with Gasteiger partial charge in [0.15, 0.2) is 0 Å². The van der Waals surface area contributed by atoms with Gasteiger partial charge >= 0.3 is 0 Å². The first-order chi connectivity index (χ1) is 22.0. The minimum absolute atomic E-state index is 0.150. The summed E-state index contributed by atoms with van der Waals surface area (Å²) in [6.45, 7) is 14.5. The maximum Gasteiger partial charge on any atom is 0.245 e. The molecule has 9 heteroatoms. The highest BCUT2D eigenvalue weighted by molar-refractivity contribution is 5.93. The number of hydrogen-bond acceptors (Lipinski definition) is 7. The lowest BCUT2D eigenvalue weighted by Gasteiger charge is -2.33. The van der Waals surface area contributed by atoms with E-state index in [2.05, 4.69) is 43.5 Å². The number of phenols is 1. The van der Waals surface area contributed by atoms with Crippen molar-refractivity contribution in [2.45, 2.75) is 104 Å². The fourth-order valence-electron chi connectivity index (χ4n) is 5.79. The summed E-state index contributed by atoms with van der Waals surface area (Å²) in [6.07, 6.45) is 4.53. The van der Waals surface area contributed by atoms with Crippen LogP contribution in [-0.2, 0) is 20.7 Å². The van der Waals surface area contributed by atoms with Crippen LogP contribution in [0.25, 0.3) is 6.08 Å². The van der Waals surface area contributed by atoms with Crippen molar-refractivity contribution in [3.63, 3.8) is 0 Å². The van der Waals surface area contributed by atoms with E-state index in [9.17, 15) is 24.9 Å². The minimum Gasteiger partial charge on any atom is -0.508 e. The molecule has 5 N–H and O–H groups in total. The highest BCUT2D eigenvalue weighted by Gasteiger charge is 2.35. The first kappa shape index (κ1) is 38.2. The van der Waals surface area contributed by atoms with E-state index in [0.717, 1.165) is 34.2 Å². The van der Waals surface area contributed by atoms with Gasteiger partial charge in [-0.05, 0) is 107 Å². The maximum absolute atomic E-state index is 13.2. The predicted octanol–water partition coefficient (Wildman–Crippen LogP) is 4.99. The number of aromatic hydroxyl groups is 1. The molecule has 260 valence electrons. The number of carbonyl (C=O) groups excluding carboxylic acids is 2. The van der Waals surface area contributed by atoms with E-state index in [1.807, 2.05) is 63.2 Å². The second-order valence-corrected chi connectivity index (χ2v) is 14.5. The number of phenolic OH excluding ortho intramolecular Hbond substituents is 1. The summed E-state index contributed by atoms with van der Waals surface area (Å²) in [5, 5.41) is 36.9. The van der Waals surface area contributed by atoms with Crippen LogP contribution in [0.4, 0.5) is 0 Å². The Morgan fingerprint density at radius 1 is 1.09 bits per heavy atom. The lowest BCUT2D eigenvalue weighted by molar-refractivity contribution is -0.135. The highest BCUT2D eigenvalue weighted by atomic mass is 16.5. The summed E-state index contributed by atoms with van der Waals surface area (Å²) in [5.74, 6) is -0.0838. The normalized spacial score (nSPS) is 19.6. The SMILES string of the molecule is CCC(C)c1cc(O)c([C@H]2C[C@@H](O)C[C@@H](CO)O2)cc1Cc1ccc(/C=C/C(C)(C)C(=O)NC(C)(C)C(=O)NCCN(C)C)cc1C. The number of nitrogens with zero attached hydrogens (tertiary/aromatic N) is 1.